The molecule has 3 rings (SSSR count). The molecule has 25 heavy (non-hydrogen) atoms. The summed E-state index contributed by atoms with van der Waals surface area (Å²) >= 11 is 0. The summed E-state index contributed by atoms with van der Waals surface area (Å²) in [5, 5.41) is 9.38. The van der Waals surface area contributed by atoms with Gasteiger partial charge in [-0.05, 0) is 51.1 Å². The average molecular weight is 348 g/mol. The van der Waals surface area contributed by atoms with Crippen LogP contribution in [0.5, 0.6) is 11.5 Å². The summed E-state index contributed by atoms with van der Waals surface area (Å²) in [4.78, 5) is 28.1. The Bertz CT molecular complexity index is 642. The summed E-state index contributed by atoms with van der Waals surface area (Å²) in [6, 6.07) is 4.11. The zero-order chi connectivity index (χ0) is 17.8. The van der Waals surface area contributed by atoms with E-state index in [2.05, 4.69) is 4.90 Å². The minimum Gasteiger partial charge on any atom is -0.486 e. The number of likely N-dealkylation sites (tertiary alicyclic amines) is 1. The van der Waals surface area contributed by atoms with Gasteiger partial charge in [0.05, 0.1) is 0 Å². The Morgan fingerprint density at radius 3 is 2.56 bits per heavy atom. The van der Waals surface area contributed by atoms with E-state index in [1.54, 1.807) is 25.1 Å². The maximum Gasteiger partial charge on any atom is 0.326 e. The molecule has 7 nitrogen and oxygen atoms in total. The third-order valence-corrected chi connectivity index (χ3v) is 4.73. The molecule has 2 heterocycles. The lowest BCUT2D eigenvalue weighted by molar-refractivity contribution is -0.141. The standard InChI is InChI=1S/C18H24N2O5/c1-13(18(22)23)20(9-8-19-6-2-3-7-19)17(21)14-4-5-15-16(12-14)25-11-10-24-15/h4-5,12-13H,2-3,6-11H2,1H3,(H,22,23). The van der Waals surface area contributed by atoms with Crippen LogP contribution in [0.3, 0.4) is 0 Å². The van der Waals surface area contributed by atoms with Gasteiger partial charge in [0.2, 0.25) is 0 Å². The maximum absolute atomic E-state index is 12.9. The molecule has 0 radical (unpaired) electrons. The third-order valence-electron chi connectivity index (χ3n) is 4.73. The second-order valence-corrected chi connectivity index (χ2v) is 6.42. The Hall–Kier alpha value is -2.28. The maximum atomic E-state index is 12.9. The molecule has 1 amide bonds. The van der Waals surface area contributed by atoms with Crippen LogP contribution in [-0.2, 0) is 4.79 Å². The van der Waals surface area contributed by atoms with Gasteiger partial charge in [-0.25, -0.2) is 4.79 Å². The van der Waals surface area contributed by atoms with Gasteiger partial charge in [-0.1, -0.05) is 0 Å². The van der Waals surface area contributed by atoms with E-state index in [0.717, 1.165) is 25.9 Å². The molecule has 1 atom stereocenters. The fraction of sp³-hybridized carbons (Fsp3) is 0.556. The van der Waals surface area contributed by atoms with Gasteiger partial charge in [0.15, 0.2) is 11.5 Å². The molecule has 136 valence electrons. The largest absolute Gasteiger partial charge is 0.486 e. The first-order chi connectivity index (χ1) is 12.1. The van der Waals surface area contributed by atoms with Gasteiger partial charge in [0, 0.05) is 18.7 Å². The first-order valence-corrected chi connectivity index (χ1v) is 8.72. The van der Waals surface area contributed by atoms with Gasteiger partial charge >= 0.3 is 5.97 Å². The molecule has 1 aromatic rings. The normalized spacial score (nSPS) is 18.0. The van der Waals surface area contributed by atoms with Crippen LogP contribution in [0.4, 0.5) is 0 Å². The second-order valence-electron chi connectivity index (χ2n) is 6.42. The summed E-state index contributed by atoms with van der Waals surface area (Å²) in [7, 11) is 0. The van der Waals surface area contributed by atoms with Gasteiger partial charge in [-0.15, -0.1) is 0 Å². The van der Waals surface area contributed by atoms with Crippen molar-refractivity contribution in [1.82, 2.24) is 9.80 Å². The molecule has 0 bridgehead atoms. The van der Waals surface area contributed by atoms with Crippen molar-refractivity contribution in [2.24, 2.45) is 0 Å². The van der Waals surface area contributed by atoms with Crippen molar-refractivity contribution in [3.63, 3.8) is 0 Å². The fourth-order valence-electron chi connectivity index (χ4n) is 3.20. The Balaban J connectivity index is 1.76. The Kier molecular flexibility index (Phi) is 5.43. The van der Waals surface area contributed by atoms with Crippen LogP contribution in [0.25, 0.3) is 0 Å². The molecule has 0 saturated carbocycles. The monoisotopic (exact) mass is 348 g/mol. The van der Waals surface area contributed by atoms with Crippen molar-refractivity contribution in [1.29, 1.82) is 0 Å². The molecular weight excluding hydrogens is 324 g/mol. The first-order valence-electron chi connectivity index (χ1n) is 8.72. The molecular formula is C18H24N2O5. The number of carboxylic acids is 1. The number of amides is 1. The summed E-state index contributed by atoms with van der Waals surface area (Å²) in [5.41, 5.74) is 0.416. The predicted molar refractivity (Wildman–Crippen MR) is 91.2 cm³/mol. The van der Waals surface area contributed by atoms with Gasteiger partial charge in [0.25, 0.3) is 5.91 Å². The van der Waals surface area contributed by atoms with Gasteiger partial charge < -0.3 is 24.4 Å². The number of hydrogen-bond donors (Lipinski definition) is 1. The molecule has 1 saturated heterocycles. The SMILES string of the molecule is CC(C(=O)O)N(CCN1CCCC1)C(=O)c1ccc2c(c1)OCCO2. The lowest BCUT2D eigenvalue weighted by atomic mass is 10.1. The molecule has 0 spiro atoms. The van der Waals surface area contributed by atoms with Crippen molar-refractivity contribution in [3.8, 4) is 11.5 Å². The Morgan fingerprint density at radius 1 is 1.20 bits per heavy atom. The second kappa shape index (κ2) is 7.74. The van der Waals surface area contributed by atoms with Crippen LogP contribution < -0.4 is 9.47 Å². The highest BCUT2D eigenvalue weighted by Gasteiger charge is 2.28. The number of nitrogens with zero attached hydrogens (tertiary/aromatic N) is 2. The van der Waals surface area contributed by atoms with E-state index in [9.17, 15) is 14.7 Å². The molecule has 1 fully saturated rings. The lowest BCUT2D eigenvalue weighted by Crippen LogP contribution is -2.46. The molecule has 1 N–H and O–H groups in total. The minimum atomic E-state index is -1.01. The van der Waals surface area contributed by atoms with Crippen molar-refractivity contribution in [2.75, 3.05) is 39.4 Å². The van der Waals surface area contributed by atoms with E-state index >= 15 is 0 Å². The fourth-order valence-corrected chi connectivity index (χ4v) is 3.20. The van der Waals surface area contributed by atoms with E-state index in [1.807, 2.05) is 0 Å². The molecule has 0 aliphatic carbocycles. The van der Waals surface area contributed by atoms with E-state index < -0.39 is 12.0 Å². The zero-order valence-corrected chi connectivity index (χ0v) is 14.4. The number of ether oxygens (including phenoxy) is 2. The summed E-state index contributed by atoms with van der Waals surface area (Å²) in [6.07, 6.45) is 2.31. The smallest absolute Gasteiger partial charge is 0.326 e. The van der Waals surface area contributed by atoms with Crippen LogP contribution >= 0.6 is 0 Å². The number of carbonyl (C=O) groups is 2. The van der Waals surface area contributed by atoms with Crippen LogP contribution in [0.2, 0.25) is 0 Å². The van der Waals surface area contributed by atoms with Crippen molar-refractivity contribution in [3.05, 3.63) is 23.8 Å². The zero-order valence-electron chi connectivity index (χ0n) is 14.4. The lowest BCUT2D eigenvalue weighted by Gasteiger charge is -2.29. The molecule has 0 aromatic heterocycles. The Labute approximate surface area is 147 Å². The number of hydrogen-bond acceptors (Lipinski definition) is 5. The molecule has 1 unspecified atom stereocenters. The molecule has 7 heteroatoms. The highest BCUT2D eigenvalue weighted by atomic mass is 16.6. The third kappa shape index (κ3) is 4.04. The van der Waals surface area contributed by atoms with E-state index in [-0.39, 0.29) is 5.91 Å². The molecule has 2 aliphatic rings. The highest BCUT2D eigenvalue weighted by Crippen LogP contribution is 2.31. The van der Waals surface area contributed by atoms with E-state index in [0.29, 0.717) is 43.4 Å². The predicted octanol–water partition coefficient (Wildman–Crippen LogP) is 1.47. The number of rotatable bonds is 6. The van der Waals surface area contributed by atoms with Crippen LogP contribution in [0.15, 0.2) is 18.2 Å². The first kappa shape index (κ1) is 17.5. The number of carboxylic acid groups (broad SMARTS) is 1. The van der Waals surface area contributed by atoms with Crippen molar-refractivity contribution < 1.29 is 24.2 Å². The summed E-state index contributed by atoms with van der Waals surface area (Å²) in [5.74, 6) is -0.171. The van der Waals surface area contributed by atoms with Crippen LogP contribution in [0.1, 0.15) is 30.1 Å². The molecule has 2 aliphatic heterocycles. The van der Waals surface area contributed by atoms with Crippen LogP contribution in [0, 0.1) is 0 Å². The van der Waals surface area contributed by atoms with Gasteiger partial charge in [-0.3, -0.25) is 4.79 Å². The van der Waals surface area contributed by atoms with Crippen LogP contribution in [-0.4, -0.2) is 72.2 Å². The molecule has 1 aromatic carbocycles. The number of carbonyl (C=O) groups excluding carboxylic acids is 1. The summed E-state index contributed by atoms with van der Waals surface area (Å²) in [6.45, 7) is 5.56. The highest BCUT2D eigenvalue weighted by molar-refractivity contribution is 5.97. The van der Waals surface area contributed by atoms with Crippen molar-refractivity contribution in [2.45, 2.75) is 25.8 Å². The summed E-state index contributed by atoms with van der Waals surface area (Å²) < 4.78 is 11.0. The number of aliphatic carboxylic acids is 1. The minimum absolute atomic E-state index is 0.300. The van der Waals surface area contributed by atoms with E-state index in [4.69, 9.17) is 9.47 Å². The van der Waals surface area contributed by atoms with Gasteiger partial charge in [-0.2, -0.15) is 0 Å². The topological polar surface area (TPSA) is 79.3 Å². The van der Waals surface area contributed by atoms with Crippen molar-refractivity contribution >= 4 is 11.9 Å². The van der Waals surface area contributed by atoms with Gasteiger partial charge in [0.1, 0.15) is 19.3 Å². The Morgan fingerprint density at radius 2 is 1.88 bits per heavy atom. The average Bonchev–Trinajstić information content (AvgIpc) is 3.14. The quantitative estimate of drug-likeness (QED) is 0.839. The van der Waals surface area contributed by atoms with E-state index in [1.165, 1.54) is 4.90 Å². The number of fused-ring (bicyclic) bond motifs is 1. The number of benzene rings is 1.